The number of likely N-dealkylation sites (N-methyl/N-ethyl adjacent to an activating group) is 1. The number of pyridine rings is 1. The Bertz CT molecular complexity index is 807. The summed E-state index contributed by atoms with van der Waals surface area (Å²) >= 11 is 0. The summed E-state index contributed by atoms with van der Waals surface area (Å²) in [6.45, 7) is 4.37. The van der Waals surface area contributed by atoms with Crippen molar-refractivity contribution in [2.24, 2.45) is 7.05 Å². The highest BCUT2D eigenvalue weighted by molar-refractivity contribution is 6.08. The van der Waals surface area contributed by atoms with Crippen LogP contribution in [0, 0.1) is 6.92 Å². The normalized spacial score (nSPS) is 12.4. The molecule has 0 unspecified atom stereocenters. The zero-order valence-corrected chi connectivity index (χ0v) is 13.7. The molecule has 110 valence electrons. The Balaban J connectivity index is 2.30. The SMILES string of the molecule is Cc1c2c(cc[n+]1C)c1ccccc1n2CC[N+](C)(C)C. The second-order valence-electron chi connectivity index (χ2n) is 6.96. The van der Waals surface area contributed by atoms with E-state index < -0.39 is 0 Å². The van der Waals surface area contributed by atoms with Crippen LogP contribution in [0.1, 0.15) is 5.69 Å². The van der Waals surface area contributed by atoms with Gasteiger partial charge in [-0.25, -0.2) is 4.57 Å². The van der Waals surface area contributed by atoms with E-state index in [1.54, 1.807) is 0 Å². The van der Waals surface area contributed by atoms with Gasteiger partial charge in [0.05, 0.1) is 34.2 Å². The molecule has 0 aliphatic rings. The van der Waals surface area contributed by atoms with E-state index in [0.717, 1.165) is 17.6 Å². The van der Waals surface area contributed by atoms with Gasteiger partial charge in [0.25, 0.3) is 0 Å². The summed E-state index contributed by atoms with van der Waals surface area (Å²) in [7, 11) is 8.87. The molecule has 2 aromatic heterocycles. The second kappa shape index (κ2) is 4.85. The molecule has 2 heterocycles. The van der Waals surface area contributed by atoms with Gasteiger partial charge < -0.3 is 9.05 Å². The van der Waals surface area contributed by atoms with E-state index >= 15 is 0 Å². The molecule has 3 rings (SSSR count). The fraction of sp³-hybridized carbons (Fsp3) is 0.389. The van der Waals surface area contributed by atoms with Crippen molar-refractivity contribution in [3.05, 3.63) is 42.2 Å². The first-order valence-electron chi connectivity index (χ1n) is 7.55. The van der Waals surface area contributed by atoms with E-state index in [1.807, 2.05) is 0 Å². The molecule has 0 bridgehead atoms. The van der Waals surface area contributed by atoms with E-state index in [-0.39, 0.29) is 0 Å². The van der Waals surface area contributed by atoms with Gasteiger partial charge in [0.15, 0.2) is 6.20 Å². The first-order valence-corrected chi connectivity index (χ1v) is 7.55. The quantitative estimate of drug-likeness (QED) is 0.516. The van der Waals surface area contributed by atoms with Crippen molar-refractivity contribution >= 4 is 21.8 Å². The third kappa shape index (κ3) is 2.42. The van der Waals surface area contributed by atoms with Crippen molar-refractivity contribution in [1.29, 1.82) is 0 Å². The fourth-order valence-electron chi connectivity index (χ4n) is 2.99. The van der Waals surface area contributed by atoms with Crippen LogP contribution in [0.4, 0.5) is 0 Å². The molecule has 0 amide bonds. The van der Waals surface area contributed by atoms with E-state index in [1.165, 1.54) is 27.5 Å². The highest BCUT2D eigenvalue weighted by atomic mass is 15.3. The molecule has 21 heavy (non-hydrogen) atoms. The van der Waals surface area contributed by atoms with Crippen molar-refractivity contribution in [3.63, 3.8) is 0 Å². The molecule has 0 saturated heterocycles. The zero-order valence-electron chi connectivity index (χ0n) is 13.7. The van der Waals surface area contributed by atoms with Crippen molar-refractivity contribution in [2.45, 2.75) is 13.5 Å². The van der Waals surface area contributed by atoms with Crippen LogP contribution in [0.15, 0.2) is 36.5 Å². The van der Waals surface area contributed by atoms with Crippen molar-refractivity contribution in [1.82, 2.24) is 4.57 Å². The lowest BCUT2D eigenvalue weighted by atomic mass is 10.2. The molecule has 0 saturated carbocycles. The van der Waals surface area contributed by atoms with Gasteiger partial charge >= 0.3 is 0 Å². The molecule has 0 N–H and O–H groups in total. The number of para-hydroxylation sites is 1. The number of fused-ring (bicyclic) bond motifs is 3. The number of aromatic nitrogens is 2. The monoisotopic (exact) mass is 283 g/mol. The van der Waals surface area contributed by atoms with E-state index in [9.17, 15) is 0 Å². The topological polar surface area (TPSA) is 8.81 Å². The smallest absolute Gasteiger partial charge is 0.202 e. The first kappa shape index (κ1) is 14.1. The van der Waals surface area contributed by atoms with Gasteiger partial charge in [-0.05, 0) is 6.07 Å². The van der Waals surface area contributed by atoms with Crippen LogP contribution in [-0.4, -0.2) is 36.7 Å². The molecule has 3 heteroatoms. The fourth-order valence-corrected chi connectivity index (χ4v) is 2.99. The molecule has 3 nitrogen and oxygen atoms in total. The summed E-state index contributed by atoms with van der Waals surface area (Å²) < 4.78 is 5.68. The van der Waals surface area contributed by atoms with Gasteiger partial charge in [-0.15, -0.1) is 0 Å². The molecule has 1 aromatic carbocycles. The van der Waals surface area contributed by atoms with E-state index in [0.29, 0.717) is 0 Å². The molecule has 3 aromatic rings. The zero-order chi connectivity index (χ0) is 15.2. The minimum absolute atomic E-state index is 0.978. The molecular weight excluding hydrogens is 258 g/mol. The molecule has 0 atom stereocenters. The molecular formula is C18H25N3+2. The summed E-state index contributed by atoms with van der Waals surface area (Å²) in [5, 5.41) is 2.72. The molecule has 0 aliphatic heterocycles. The highest BCUT2D eigenvalue weighted by Gasteiger charge is 2.18. The maximum Gasteiger partial charge on any atom is 0.202 e. The summed E-state index contributed by atoms with van der Waals surface area (Å²) in [6, 6.07) is 11.0. The molecule has 0 spiro atoms. The standard InChI is InChI=1S/C18H25N3/c1-14-18-16(10-11-19(14)2)15-8-6-7-9-17(15)20(18)12-13-21(3,4)5/h6-11H,12-13H2,1-5H3/q+2. The van der Waals surface area contributed by atoms with Crippen LogP contribution < -0.4 is 4.57 Å². The Morgan fingerprint density at radius 3 is 2.48 bits per heavy atom. The van der Waals surface area contributed by atoms with Gasteiger partial charge in [-0.1, -0.05) is 18.2 Å². The number of hydrogen-bond acceptors (Lipinski definition) is 0. The van der Waals surface area contributed by atoms with Crippen LogP contribution in [0.25, 0.3) is 21.8 Å². The Kier molecular flexibility index (Phi) is 3.25. The predicted octanol–water partition coefficient (Wildman–Crippen LogP) is 2.63. The van der Waals surface area contributed by atoms with Crippen molar-refractivity contribution in [2.75, 3.05) is 27.7 Å². The lowest BCUT2D eigenvalue weighted by Gasteiger charge is -2.24. The summed E-state index contributed by atoms with van der Waals surface area (Å²) in [6.07, 6.45) is 2.16. The lowest BCUT2D eigenvalue weighted by molar-refractivity contribution is -0.870. The lowest BCUT2D eigenvalue weighted by Crippen LogP contribution is -2.37. The van der Waals surface area contributed by atoms with E-state index in [2.05, 4.69) is 80.8 Å². The van der Waals surface area contributed by atoms with Gasteiger partial charge in [-0.2, -0.15) is 0 Å². The van der Waals surface area contributed by atoms with Crippen LogP contribution in [0.2, 0.25) is 0 Å². The third-order valence-electron chi connectivity index (χ3n) is 4.34. The van der Waals surface area contributed by atoms with Gasteiger partial charge in [-0.3, -0.25) is 0 Å². The first-order chi connectivity index (χ1) is 9.88. The average Bonchev–Trinajstić information content (AvgIpc) is 2.74. The van der Waals surface area contributed by atoms with E-state index in [4.69, 9.17) is 0 Å². The number of quaternary nitrogens is 1. The highest BCUT2D eigenvalue weighted by Crippen LogP contribution is 2.29. The summed E-state index contributed by atoms with van der Waals surface area (Å²) in [5.74, 6) is 0. The summed E-state index contributed by atoms with van der Waals surface area (Å²) in [4.78, 5) is 0. The van der Waals surface area contributed by atoms with Crippen LogP contribution >= 0.6 is 0 Å². The predicted molar refractivity (Wildman–Crippen MR) is 88.3 cm³/mol. The summed E-state index contributed by atoms with van der Waals surface area (Å²) in [5.41, 5.74) is 4.04. The van der Waals surface area contributed by atoms with Crippen LogP contribution in [0.5, 0.6) is 0 Å². The Hall–Kier alpha value is -1.87. The largest absolute Gasteiger partial charge is 0.330 e. The number of rotatable bonds is 3. The maximum atomic E-state index is 2.49. The Morgan fingerprint density at radius 2 is 1.76 bits per heavy atom. The van der Waals surface area contributed by atoms with Crippen molar-refractivity contribution < 1.29 is 9.05 Å². The van der Waals surface area contributed by atoms with Crippen molar-refractivity contribution in [3.8, 4) is 0 Å². The molecule has 0 aliphatic carbocycles. The minimum Gasteiger partial charge on any atom is -0.330 e. The van der Waals surface area contributed by atoms with Crippen LogP contribution in [-0.2, 0) is 13.6 Å². The number of benzene rings is 1. The number of hydrogen-bond donors (Lipinski definition) is 0. The second-order valence-corrected chi connectivity index (χ2v) is 6.96. The number of nitrogens with zero attached hydrogens (tertiary/aromatic N) is 3. The Labute approximate surface area is 126 Å². The Morgan fingerprint density at radius 1 is 1.05 bits per heavy atom. The van der Waals surface area contributed by atoms with Gasteiger partial charge in [0.2, 0.25) is 5.69 Å². The minimum atomic E-state index is 0.978. The number of aryl methyl sites for hydroxylation is 2. The third-order valence-corrected chi connectivity index (χ3v) is 4.34. The van der Waals surface area contributed by atoms with Gasteiger partial charge in [0.1, 0.15) is 12.6 Å². The van der Waals surface area contributed by atoms with Crippen LogP contribution in [0.3, 0.4) is 0 Å². The average molecular weight is 283 g/mol. The molecule has 0 fully saturated rings. The van der Waals surface area contributed by atoms with Gasteiger partial charge in [0, 0.05) is 29.3 Å². The molecule has 0 radical (unpaired) electrons. The maximum absolute atomic E-state index is 2.49.